The Morgan fingerprint density at radius 3 is 2.39 bits per heavy atom. The molecule has 3 aliphatic rings. The molecule has 4 aromatic heterocycles. The molecule has 1 saturated carbocycles. The molecule has 0 aromatic carbocycles. The summed E-state index contributed by atoms with van der Waals surface area (Å²) in [6, 6.07) is -1.08. The van der Waals surface area contributed by atoms with Crippen LogP contribution in [0.3, 0.4) is 0 Å². The number of aromatic nitrogens is 8. The Balaban J connectivity index is 1.20. The van der Waals surface area contributed by atoms with Gasteiger partial charge in [0, 0.05) is 5.92 Å². The zero-order valence-corrected chi connectivity index (χ0v) is 23.9. The summed E-state index contributed by atoms with van der Waals surface area (Å²) in [6.07, 6.45) is -6.56. The van der Waals surface area contributed by atoms with Crippen molar-refractivity contribution in [2.24, 2.45) is 5.92 Å². The molecule has 7 rings (SSSR count). The van der Waals surface area contributed by atoms with Gasteiger partial charge in [0.2, 0.25) is 0 Å². The Morgan fingerprint density at radius 1 is 0.909 bits per heavy atom. The van der Waals surface area contributed by atoms with Gasteiger partial charge in [0.1, 0.15) is 36.3 Å². The summed E-state index contributed by atoms with van der Waals surface area (Å²) < 4.78 is 86.5. The van der Waals surface area contributed by atoms with Crippen molar-refractivity contribution >= 4 is 43.8 Å². The van der Waals surface area contributed by atoms with Crippen LogP contribution < -0.4 is 11.3 Å². The highest BCUT2D eigenvalue weighted by atomic mass is 31.2. The fraction of sp³-hybridized carbons (Fsp3) is 0.524. The topological polar surface area (TPSA) is 254 Å². The first-order valence-electron chi connectivity index (χ1n) is 13.0. The number of ether oxygens (including phenoxy) is 1. The van der Waals surface area contributed by atoms with Crippen LogP contribution in [0.5, 0.6) is 0 Å². The van der Waals surface area contributed by atoms with Gasteiger partial charge in [0.15, 0.2) is 35.0 Å². The molecule has 4 aromatic rings. The van der Waals surface area contributed by atoms with E-state index in [9.17, 15) is 23.7 Å². The summed E-state index contributed by atoms with van der Waals surface area (Å²) in [5.41, 5.74) is 5.38. The molecule has 5 N–H and O–H groups in total. The quantitative estimate of drug-likeness (QED) is 0.216. The van der Waals surface area contributed by atoms with Crippen molar-refractivity contribution < 1.29 is 50.5 Å². The number of hydrogen-bond acceptors (Lipinski definition) is 14. The molecule has 236 valence electrons. The molecular formula is C21H23F2N9O10P2. The van der Waals surface area contributed by atoms with Crippen LogP contribution in [0.1, 0.15) is 18.7 Å². The van der Waals surface area contributed by atoms with Gasteiger partial charge in [-0.15, -0.1) is 0 Å². The molecule has 44 heavy (non-hydrogen) atoms. The fourth-order valence-corrected chi connectivity index (χ4v) is 7.64. The van der Waals surface area contributed by atoms with Crippen molar-refractivity contribution in [3.05, 3.63) is 35.7 Å². The van der Waals surface area contributed by atoms with Crippen LogP contribution in [0.4, 0.5) is 14.6 Å². The third-order valence-electron chi connectivity index (χ3n) is 7.70. The predicted octanol–water partition coefficient (Wildman–Crippen LogP) is 0.694. The van der Waals surface area contributed by atoms with Crippen LogP contribution in [-0.2, 0) is 32.0 Å². The monoisotopic (exact) mass is 661 g/mol. The van der Waals surface area contributed by atoms with Crippen molar-refractivity contribution in [2.75, 3.05) is 18.9 Å². The summed E-state index contributed by atoms with van der Waals surface area (Å²) in [7, 11) is -10.2. The second-order valence-corrected chi connectivity index (χ2v) is 13.1. The number of hydrogen-bond donors (Lipinski definition) is 4. The van der Waals surface area contributed by atoms with E-state index in [2.05, 4.69) is 29.9 Å². The summed E-state index contributed by atoms with van der Waals surface area (Å²) >= 11 is 0. The highest BCUT2D eigenvalue weighted by Crippen LogP contribution is 2.55. The smallest absolute Gasteiger partial charge is 0.382 e. The molecule has 2 unspecified atom stereocenters. The molecule has 0 amide bonds. The van der Waals surface area contributed by atoms with E-state index in [4.69, 9.17) is 28.6 Å². The minimum Gasteiger partial charge on any atom is -0.382 e. The first-order chi connectivity index (χ1) is 20.9. The van der Waals surface area contributed by atoms with Gasteiger partial charge in [0.05, 0.1) is 38.2 Å². The molecule has 1 aliphatic carbocycles. The van der Waals surface area contributed by atoms with Gasteiger partial charge in [-0.25, -0.2) is 42.8 Å². The van der Waals surface area contributed by atoms with Crippen molar-refractivity contribution in [1.82, 2.24) is 39.0 Å². The maximum atomic E-state index is 15.9. The second-order valence-electron chi connectivity index (χ2n) is 10.3. The van der Waals surface area contributed by atoms with Gasteiger partial charge in [-0.3, -0.25) is 27.5 Å². The van der Waals surface area contributed by atoms with E-state index in [1.54, 1.807) is 0 Å². The van der Waals surface area contributed by atoms with Gasteiger partial charge in [-0.05, 0) is 6.42 Å². The molecule has 2 bridgehead atoms. The number of halogens is 2. The number of nitrogens with two attached hydrogens (primary N) is 1. The molecule has 2 aliphatic heterocycles. The summed E-state index contributed by atoms with van der Waals surface area (Å²) in [5, 5.41) is 0. The highest BCUT2D eigenvalue weighted by molar-refractivity contribution is 7.47. The second kappa shape index (κ2) is 10.7. The van der Waals surface area contributed by atoms with Crippen molar-refractivity contribution in [3.8, 4) is 0 Å². The average Bonchev–Trinajstić information content (AvgIpc) is 3.73. The third kappa shape index (κ3) is 5.03. The minimum atomic E-state index is -5.12. The Morgan fingerprint density at radius 2 is 1.59 bits per heavy atom. The zero-order valence-electron chi connectivity index (χ0n) is 22.1. The lowest BCUT2D eigenvalue weighted by molar-refractivity contribution is -0.0491. The Labute approximate surface area is 243 Å². The van der Waals surface area contributed by atoms with E-state index in [-0.39, 0.29) is 34.6 Å². The molecule has 2 saturated heterocycles. The lowest BCUT2D eigenvalue weighted by atomic mass is 10.1. The van der Waals surface area contributed by atoms with Gasteiger partial charge < -0.3 is 29.8 Å². The van der Waals surface area contributed by atoms with Crippen LogP contribution in [0, 0.1) is 5.92 Å². The molecule has 10 atom stereocenters. The van der Waals surface area contributed by atoms with Crippen LogP contribution in [-0.4, -0.2) is 92.7 Å². The normalized spacial score (nSPS) is 38.3. The molecule has 23 heteroatoms. The first kappa shape index (κ1) is 29.5. The largest absolute Gasteiger partial charge is 0.472 e. The summed E-state index contributed by atoms with van der Waals surface area (Å²) in [5.74, 6) is -1.19. The van der Waals surface area contributed by atoms with Crippen LogP contribution in [0.2, 0.25) is 0 Å². The molecule has 0 radical (unpaired) electrons. The van der Waals surface area contributed by atoms with Crippen LogP contribution >= 0.6 is 15.6 Å². The maximum Gasteiger partial charge on any atom is 0.472 e. The average molecular weight is 661 g/mol. The van der Waals surface area contributed by atoms with E-state index in [1.165, 1.54) is 10.9 Å². The number of anilines is 1. The van der Waals surface area contributed by atoms with Crippen molar-refractivity contribution in [1.29, 1.82) is 0 Å². The highest BCUT2D eigenvalue weighted by Gasteiger charge is 2.54. The molecule has 6 heterocycles. The van der Waals surface area contributed by atoms with Gasteiger partial charge in [0.25, 0.3) is 5.56 Å². The summed E-state index contributed by atoms with van der Waals surface area (Å²) in [6.45, 7) is -1.63. The van der Waals surface area contributed by atoms with E-state index >= 15 is 8.78 Å². The number of phosphoric ester groups is 2. The van der Waals surface area contributed by atoms with Crippen LogP contribution in [0.25, 0.3) is 22.3 Å². The first-order valence-corrected chi connectivity index (χ1v) is 16.0. The third-order valence-corrected chi connectivity index (χ3v) is 9.67. The van der Waals surface area contributed by atoms with Crippen molar-refractivity contribution in [3.63, 3.8) is 0 Å². The molecule has 0 spiro atoms. The number of H-pyrrole nitrogens is 1. The SMILES string of the molecule is Nc1ncnc2c1ncn2[C@@H]1O[C@@H]2COP(=O)(O)O[C@@H]3[C@H](F)[C@@H](COP(=O)(O)O[C@H]2[C@H]1F)C[C@H]3n1cnc2c(=O)[nH]cnc21. The van der Waals surface area contributed by atoms with Gasteiger partial charge in [-0.1, -0.05) is 0 Å². The zero-order chi connectivity index (χ0) is 31.0. The van der Waals surface area contributed by atoms with Gasteiger partial charge >= 0.3 is 15.6 Å². The minimum absolute atomic E-state index is 0.00120. The fourth-order valence-electron chi connectivity index (χ4n) is 5.68. The number of phosphoric acid groups is 2. The van der Waals surface area contributed by atoms with Crippen molar-refractivity contribution in [2.45, 2.75) is 49.3 Å². The Kier molecular flexibility index (Phi) is 7.15. The molecule has 3 fully saturated rings. The van der Waals surface area contributed by atoms with E-state index in [0.717, 1.165) is 23.5 Å². The van der Waals surface area contributed by atoms with E-state index in [0.29, 0.717) is 0 Å². The summed E-state index contributed by atoms with van der Waals surface area (Å²) in [4.78, 5) is 55.6. The maximum absolute atomic E-state index is 15.9. The number of imidazole rings is 2. The number of nitrogens with one attached hydrogen (secondary N) is 1. The molecular weight excluding hydrogens is 638 g/mol. The van der Waals surface area contributed by atoms with Gasteiger partial charge in [-0.2, -0.15) is 0 Å². The van der Waals surface area contributed by atoms with Crippen LogP contribution in [0.15, 0.2) is 30.1 Å². The number of nitrogens with zero attached hydrogens (tertiary/aromatic N) is 7. The number of alkyl halides is 2. The van der Waals surface area contributed by atoms with E-state index < -0.39 is 83.3 Å². The Bertz CT molecular complexity index is 1890. The standard InChI is InChI=1S/C21H23F2N9O10P2/c22-11-8-1-9(31-6-30-14-19(31)27-5-28-20(14)33)15(11)41-44(36,37)39-3-10-16(42-43(34,35)38-2-8)12(23)21(40-10)32-7-29-13-17(24)25-4-26-18(13)32/h4-12,15-16,21H,1-3H2,(H,34,35)(H,36,37)(H2,24,25,26)(H,27,28,33)/t8-,9-,10-,11-,12-,15+,16-,21-/m1/s1. The lowest BCUT2D eigenvalue weighted by Crippen LogP contribution is -2.34. The predicted molar refractivity (Wildman–Crippen MR) is 140 cm³/mol. The van der Waals surface area contributed by atoms with E-state index in [1.807, 2.05) is 0 Å². The Hall–Kier alpha value is -3.26. The number of aromatic amines is 1. The number of rotatable bonds is 2. The number of nitrogen functional groups attached to an aromatic ring is 1. The molecule has 19 nitrogen and oxygen atoms in total. The number of fused-ring (bicyclic) bond motifs is 5. The lowest BCUT2D eigenvalue weighted by Gasteiger charge is -2.26.